The lowest BCUT2D eigenvalue weighted by Crippen LogP contribution is -2.59. The molecule has 20 heteroatoms. The van der Waals surface area contributed by atoms with Crippen LogP contribution in [0.15, 0.2) is 88.3 Å². The number of nitrogens with one attached hydrogen (secondary N) is 4. The molecular weight excluding hydrogens is 841 g/mol. The Morgan fingerprint density at radius 3 is 2.14 bits per heavy atom. The number of carbonyl (C=O) groups is 6. The molecule has 0 spiro atoms. The zero-order valence-electron chi connectivity index (χ0n) is 35.8. The summed E-state index contributed by atoms with van der Waals surface area (Å²) in [6.45, 7) is 0.473. The molecule has 1 fully saturated rings. The summed E-state index contributed by atoms with van der Waals surface area (Å²) in [5, 5.41) is 21.0. The molecule has 0 unspecified atom stereocenters. The van der Waals surface area contributed by atoms with E-state index in [4.69, 9.17) is 22.9 Å². The molecule has 1 aliphatic heterocycles. The number of aromatic amines is 1. The first kappa shape index (κ1) is 48.1. The summed E-state index contributed by atoms with van der Waals surface area (Å²) in [5.74, 6) is -4.32. The van der Waals surface area contributed by atoms with E-state index in [0.717, 1.165) is 26.9 Å². The maximum absolute atomic E-state index is 14.6. The second-order valence-electron chi connectivity index (χ2n) is 15.6. The maximum atomic E-state index is 14.6. The molecule has 4 aromatic rings. The number of likely N-dealkylation sites (tertiary alicyclic amines) is 1. The number of aliphatic carboxylic acids is 1. The number of rotatable bonds is 23. The smallest absolute Gasteiger partial charge is 0.326 e. The molecule has 0 bridgehead atoms. The van der Waals surface area contributed by atoms with Crippen LogP contribution < -0.4 is 38.9 Å². The Kier molecular flexibility index (Phi) is 17.6. The van der Waals surface area contributed by atoms with E-state index in [2.05, 4.69) is 30.9 Å². The number of thiophene rings is 1. The number of para-hydroxylation sites is 1. The SMILES string of the molecule is CN(C(=O)Cc1cccs1)[C@@H](Cc1c[nH]c2ccccc12)C(=O)N[C@@H](Cc1ccccc1)C(=O)N[C@@H](CCCN=C(N)N)C(=O)N1CCC[C@H]1C(=O)N[C@@H](CCCN=C(N)N)C(=O)O. The minimum absolute atomic E-state index is 0.0362. The highest BCUT2D eigenvalue weighted by Gasteiger charge is 2.40. The molecule has 2 aromatic carbocycles. The van der Waals surface area contributed by atoms with E-state index in [1.165, 1.54) is 21.1 Å². The number of H-pyrrole nitrogens is 1. The van der Waals surface area contributed by atoms with Crippen molar-refractivity contribution in [2.24, 2.45) is 32.9 Å². The van der Waals surface area contributed by atoms with Crippen LogP contribution in [-0.2, 0) is 48.0 Å². The van der Waals surface area contributed by atoms with E-state index in [-0.39, 0.29) is 88.8 Å². The third kappa shape index (κ3) is 13.8. The van der Waals surface area contributed by atoms with E-state index in [0.29, 0.717) is 6.42 Å². The topological polar surface area (TPSA) is 310 Å². The third-order valence-electron chi connectivity index (χ3n) is 11.0. The van der Waals surface area contributed by atoms with Crippen LogP contribution in [0.2, 0.25) is 0 Å². The fourth-order valence-corrected chi connectivity index (χ4v) is 8.36. The maximum Gasteiger partial charge on any atom is 0.326 e. The number of hydrogen-bond donors (Lipinski definition) is 9. The van der Waals surface area contributed by atoms with Gasteiger partial charge in [0.15, 0.2) is 11.9 Å². The average molecular weight is 899 g/mol. The van der Waals surface area contributed by atoms with Crippen molar-refractivity contribution in [3.63, 3.8) is 0 Å². The van der Waals surface area contributed by atoms with Gasteiger partial charge in [-0.3, -0.25) is 34.0 Å². The zero-order valence-corrected chi connectivity index (χ0v) is 36.6. The molecule has 3 heterocycles. The third-order valence-corrected chi connectivity index (χ3v) is 11.9. The van der Waals surface area contributed by atoms with E-state index in [9.17, 15) is 33.9 Å². The second kappa shape index (κ2) is 23.5. The molecule has 5 amide bonds. The predicted molar refractivity (Wildman–Crippen MR) is 245 cm³/mol. The molecule has 1 saturated heterocycles. The molecule has 13 N–H and O–H groups in total. The molecule has 0 radical (unpaired) electrons. The highest BCUT2D eigenvalue weighted by atomic mass is 32.1. The lowest BCUT2D eigenvalue weighted by molar-refractivity contribution is -0.145. The number of nitrogens with two attached hydrogens (primary N) is 4. The number of hydrogen-bond acceptors (Lipinski definition) is 9. The second-order valence-corrected chi connectivity index (χ2v) is 16.7. The minimum atomic E-state index is -1.26. The van der Waals surface area contributed by atoms with Gasteiger partial charge in [0.2, 0.25) is 29.5 Å². The van der Waals surface area contributed by atoms with Gasteiger partial charge in [-0.2, -0.15) is 0 Å². The summed E-state index contributed by atoms with van der Waals surface area (Å²) in [5.41, 5.74) is 24.2. The van der Waals surface area contributed by atoms with Crippen LogP contribution in [0.1, 0.15) is 54.5 Å². The van der Waals surface area contributed by atoms with Crippen LogP contribution in [0.4, 0.5) is 0 Å². The highest BCUT2D eigenvalue weighted by molar-refractivity contribution is 7.10. The van der Waals surface area contributed by atoms with Crippen molar-refractivity contribution in [3.05, 3.63) is 94.3 Å². The van der Waals surface area contributed by atoms with Crippen molar-refractivity contribution in [2.45, 2.75) is 88.0 Å². The predicted octanol–water partition coefficient (Wildman–Crippen LogP) is 0.722. The number of aliphatic imine (C=N–C) groups is 2. The average Bonchev–Trinajstić information content (AvgIpc) is 4.06. The standard InChI is InChI=1S/C44H58N12O7S/c1-55(37(57)25-29-13-10-22-64-29)36(24-28-26-51-31-15-6-5-14-30(28)31)40(60)54-34(23-27-11-3-2-4-12-27)38(58)52-32(16-7-19-49-43(45)46)41(61)56-21-9-18-35(56)39(59)53-33(42(62)63)17-8-20-50-44(47)48/h2-6,10-15,22,26,32-36,51H,7-9,16-21,23-25H2,1H3,(H,52,58)(H,53,59)(H,54,60)(H,62,63)(H4,45,46,49)(H4,47,48,50)/t32-,33-,34-,35-,36-/m0/s1. The van der Waals surface area contributed by atoms with Gasteiger partial charge in [0.05, 0.1) is 6.42 Å². The number of guanidine groups is 2. The quantitative estimate of drug-likeness (QED) is 0.0284. The lowest BCUT2D eigenvalue weighted by Gasteiger charge is -2.31. The first-order valence-electron chi connectivity index (χ1n) is 21.1. The van der Waals surface area contributed by atoms with Gasteiger partial charge in [-0.25, -0.2) is 4.79 Å². The van der Waals surface area contributed by atoms with Gasteiger partial charge in [-0.1, -0.05) is 54.6 Å². The Morgan fingerprint density at radius 2 is 1.48 bits per heavy atom. The van der Waals surface area contributed by atoms with Crippen LogP contribution in [0, 0.1) is 0 Å². The molecule has 19 nitrogen and oxygen atoms in total. The number of benzene rings is 2. The van der Waals surface area contributed by atoms with Gasteiger partial charge < -0.3 is 58.8 Å². The molecular formula is C44H58N12O7S. The molecule has 64 heavy (non-hydrogen) atoms. The van der Waals surface area contributed by atoms with Crippen molar-refractivity contribution in [1.29, 1.82) is 0 Å². The van der Waals surface area contributed by atoms with Crippen molar-refractivity contribution in [3.8, 4) is 0 Å². The van der Waals surface area contributed by atoms with Gasteiger partial charge in [-0.05, 0) is 67.2 Å². The number of carboxylic acid groups (broad SMARTS) is 1. The Morgan fingerprint density at radius 1 is 0.828 bits per heavy atom. The first-order valence-corrected chi connectivity index (χ1v) is 22.0. The Balaban J connectivity index is 1.40. The number of carboxylic acids is 1. The summed E-state index contributed by atoms with van der Waals surface area (Å²) in [6, 6.07) is 14.6. The van der Waals surface area contributed by atoms with E-state index < -0.39 is 59.8 Å². The van der Waals surface area contributed by atoms with E-state index in [1.54, 1.807) is 25.4 Å². The molecule has 0 aliphatic carbocycles. The molecule has 0 saturated carbocycles. The Labute approximate surface area is 375 Å². The lowest BCUT2D eigenvalue weighted by atomic mass is 10.0. The fourth-order valence-electron chi connectivity index (χ4n) is 7.67. The van der Waals surface area contributed by atoms with Crippen molar-refractivity contribution >= 4 is 69.7 Å². The number of nitrogens with zero attached hydrogens (tertiary/aromatic N) is 4. The normalized spacial score (nSPS) is 15.3. The minimum Gasteiger partial charge on any atom is -0.480 e. The number of aromatic nitrogens is 1. The van der Waals surface area contributed by atoms with Crippen LogP contribution in [-0.4, -0.2) is 124 Å². The Bertz CT molecular complexity index is 2280. The molecule has 5 atom stereocenters. The summed E-state index contributed by atoms with van der Waals surface area (Å²) in [6.07, 6.45) is 3.39. The summed E-state index contributed by atoms with van der Waals surface area (Å²) >= 11 is 1.43. The molecule has 342 valence electrons. The number of fused-ring (bicyclic) bond motifs is 1. The number of likely N-dealkylation sites (N-methyl/N-ethyl adjacent to an activating group) is 1. The molecule has 2 aromatic heterocycles. The highest BCUT2D eigenvalue weighted by Crippen LogP contribution is 2.23. The van der Waals surface area contributed by atoms with Gasteiger partial charge in [0.25, 0.3) is 0 Å². The monoisotopic (exact) mass is 898 g/mol. The fraction of sp³-hybridized carbons (Fsp3) is 0.409. The molecule has 5 rings (SSSR count). The van der Waals surface area contributed by atoms with Gasteiger partial charge in [0, 0.05) is 61.5 Å². The summed E-state index contributed by atoms with van der Waals surface area (Å²) < 4.78 is 0. The van der Waals surface area contributed by atoms with E-state index >= 15 is 0 Å². The largest absolute Gasteiger partial charge is 0.480 e. The van der Waals surface area contributed by atoms with Gasteiger partial charge in [-0.15, -0.1) is 11.3 Å². The summed E-state index contributed by atoms with van der Waals surface area (Å²) in [4.78, 5) is 97.8. The van der Waals surface area contributed by atoms with Crippen LogP contribution >= 0.6 is 11.3 Å². The van der Waals surface area contributed by atoms with Gasteiger partial charge in [0.1, 0.15) is 30.2 Å². The van der Waals surface area contributed by atoms with Gasteiger partial charge >= 0.3 is 5.97 Å². The van der Waals surface area contributed by atoms with Crippen molar-refractivity contribution in [1.82, 2.24) is 30.7 Å². The number of amides is 5. The Hall–Kier alpha value is -6.96. The van der Waals surface area contributed by atoms with Crippen LogP contribution in [0.25, 0.3) is 10.9 Å². The van der Waals surface area contributed by atoms with Crippen LogP contribution in [0.3, 0.4) is 0 Å². The zero-order chi connectivity index (χ0) is 46.2. The van der Waals surface area contributed by atoms with E-state index in [1.807, 2.05) is 60.0 Å². The number of carbonyl (C=O) groups excluding carboxylic acids is 5. The van der Waals surface area contributed by atoms with Crippen molar-refractivity contribution in [2.75, 3.05) is 26.7 Å². The first-order chi connectivity index (χ1) is 30.7. The van der Waals surface area contributed by atoms with Crippen molar-refractivity contribution < 1.29 is 33.9 Å². The van der Waals surface area contributed by atoms with Crippen LogP contribution in [0.5, 0.6) is 0 Å². The summed E-state index contributed by atoms with van der Waals surface area (Å²) in [7, 11) is 1.57. The molecule has 1 aliphatic rings.